The number of nitrogens with one attached hydrogen (secondary N) is 1. The fourth-order valence-corrected chi connectivity index (χ4v) is 2.06. The van der Waals surface area contributed by atoms with Crippen molar-refractivity contribution in [2.75, 3.05) is 33.7 Å². The van der Waals surface area contributed by atoms with Crippen molar-refractivity contribution in [2.24, 2.45) is 5.92 Å². The van der Waals surface area contributed by atoms with Gasteiger partial charge in [-0.15, -0.1) is 0 Å². The maximum absolute atomic E-state index is 9.59. The van der Waals surface area contributed by atoms with E-state index in [1.807, 2.05) is 0 Å². The highest BCUT2D eigenvalue weighted by Crippen LogP contribution is 2.24. The second-order valence-electron chi connectivity index (χ2n) is 4.62. The average Bonchev–Trinajstić information content (AvgIpc) is 2.51. The zero-order valence-electron chi connectivity index (χ0n) is 9.50. The molecule has 0 spiro atoms. The Kier molecular flexibility index (Phi) is 5.45. The lowest BCUT2D eigenvalue weighted by molar-refractivity contribution is 0.131. The van der Waals surface area contributed by atoms with Crippen LogP contribution in [0.1, 0.15) is 25.7 Å². The van der Waals surface area contributed by atoms with E-state index in [4.69, 9.17) is 0 Å². The highest BCUT2D eigenvalue weighted by atomic mass is 16.3. The largest absolute Gasteiger partial charge is 0.393 e. The van der Waals surface area contributed by atoms with Gasteiger partial charge >= 0.3 is 0 Å². The first kappa shape index (κ1) is 12.0. The van der Waals surface area contributed by atoms with Gasteiger partial charge in [0.15, 0.2) is 0 Å². The Bertz CT molecular complexity index is 150. The molecule has 3 heteroatoms. The van der Waals surface area contributed by atoms with E-state index in [2.05, 4.69) is 24.3 Å². The Morgan fingerprint density at radius 2 is 2.14 bits per heavy atom. The number of hydrogen-bond donors (Lipinski definition) is 2. The van der Waals surface area contributed by atoms with Crippen molar-refractivity contribution < 1.29 is 5.11 Å². The summed E-state index contributed by atoms with van der Waals surface area (Å²) in [6.45, 7) is 3.20. The Hall–Kier alpha value is -0.120. The van der Waals surface area contributed by atoms with Crippen LogP contribution in [0.5, 0.6) is 0 Å². The van der Waals surface area contributed by atoms with Crippen LogP contribution in [-0.2, 0) is 0 Å². The molecule has 2 atom stereocenters. The van der Waals surface area contributed by atoms with E-state index in [1.165, 1.54) is 19.3 Å². The lowest BCUT2D eigenvalue weighted by atomic mass is 10.1. The molecule has 84 valence electrons. The first-order valence-electron chi connectivity index (χ1n) is 5.73. The maximum Gasteiger partial charge on any atom is 0.0580 e. The Balaban J connectivity index is 1.93. The fraction of sp³-hybridized carbons (Fsp3) is 1.00. The van der Waals surface area contributed by atoms with Crippen LogP contribution in [0.3, 0.4) is 0 Å². The zero-order valence-corrected chi connectivity index (χ0v) is 9.50. The maximum atomic E-state index is 9.59. The summed E-state index contributed by atoms with van der Waals surface area (Å²) in [5.41, 5.74) is 0. The number of nitrogens with zero attached hydrogens (tertiary/aromatic N) is 1. The van der Waals surface area contributed by atoms with Gasteiger partial charge in [-0.2, -0.15) is 0 Å². The molecule has 2 unspecified atom stereocenters. The molecule has 0 aromatic heterocycles. The van der Waals surface area contributed by atoms with Crippen molar-refractivity contribution in [3.05, 3.63) is 0 Å². The van der Waals surface area contributed by atoms with Gasteiger partial charge < -0.3 is 15.3 Å². The Morgan fingerprint density at radius 1 is 1.36 bits per heavy atom. The topological polar surface area (TPSA) is 35.5 Å². The Morgan fingerprint density at radius 3 is 2.71 bits per heavy atom. The van der Waals surface area contributed by atoms with Gasteiger partial charge in [0, 0.05) is 6.54 Å². The SMILES string of the molecule is CN(C)CCCNCC1CCCC1O. The van der Waals surface area contributed by atoms with Crippen LogP contribution in [0.25, 0.3) is 0 Å². The van der Waals surface area contributed by atoms with Crippen molar-refractivity contribution in [2.45, 2.75) is 31.8 Å². The zero-order chi connectivity index (χ0) is 10.4. The fourth-order valence-electron chi connectivity index (χ4n) is 2.06. The van der Waals surface area contributed by atoms with Crippen LogP contribution in [0, 0.1) is 5.92 Å². The van der Waals surface area contributed by atoms with Crippen molar-refractivity contribution in [3.63, 3.8) is 0 Å². The minimum Gasteiger partial charge on any atom is -0.393 e. The molecule has 0 aliphatic heterocycles. The van der Waals surface area contributed by atoms with Crippen LogP contribution >= 0.6 is 0 Å². The van der Waals surface area contributed by atoms with Crippen LogP contribution in [0.4, 0.5) is 0 Å². The molecule has 3 nitrogen and oxygen atoms in total. The summed E-state index contributed by atoms with van der Waals surface area (Å²) in [6.07, 6.45) is 4.55. The first-order valence-corrected chi connectivity index (χ1v) is 5.73. The van der Waals surface area contributed by atoms with E-state index in [0.717, 1.165) is 26.1 Å². The third-order valence-corrected chi connectivity index (χ3v) is 2.98. The van der Waals surface area contributed by atoms with Gasteiger partial charge in [0.2, 0.25) is 0 Å². The van der Waals surface area contributed by atoms with E-state index in [0.29, 0.717) is 5.92 Å². The van der Waals surface area contributed by atoms with E-state index < -0.39 is 0 Å². The summed E-state index contributed by atoms with van der Waals surface area (Å²) < 4.78 is 0. The molecule has 14 heavy (non-hydrogen) atoms. The predicted molar refractivity (Wildman–Crippen MR) is 59.4 cm³/mol. The van der Waals surface area contributed by atoms with Crippen LogP contribution in [0.15, 0.2) is 0 Å². The second-order valence-corrected chi connectivity index (χ2v) is 4.62. The molecule has 0 radical (unpaired) electrons. The molecule has 0 saturated heterocycles. The van der Waals surface area contributed by atoms with Gasteiger partial charge in [-0.05, 0) is 52.4 Å². The third kappa shape index (κ3) is 4.40. The predicted octanol–water partition coefficient (Wildman–Crippen LogP) is 0.689. The molecule has 1 saturated carbocycles. The van der Waals surface area contributed by atoms with Crippen molar-refractivity contribution in [3.8, 4) is 0 Å². The number of aliphatic hydroxyl groups is 1. The molecule has 0 bridgehead atoms. The Labute approximate surface area is 87.5 Å². The molecule has 0 amide bonds. The molecule has 1 aliphatic carbocycles. The highest BCUT2D eigenvalue weighted by Gasteiger charge is 2.24. The van der Waals surface area contributed by atoms with Gasteiger partial charge in [-0.25, -0.2) is 0 Å². The second kappa shape index (κ2) is 6.38. The molecule has 1 fully saturated rings. The molecule has 1 aliphatic rings. The minimum absolute atomic E-state index is 0.0450. The van der Waals surface area contributed by atoms with Crippen LogP contribution < -0.4 is 5.32 Å². The smallest absolute Gasteiger partial charge is 0.0580 e. The van der Waals surface area contributed by atoms with Crippen molar-refractivity contribution in [1.82, 2.24) is 10.2 Å². The molecule has 0 aromatic rings. The van der Waals surface area contributed by atoms with Crippen molar-refractivity contribution in [1.29, 1.82) is 0 Å². The van der Waals surface area contributed by atoms with E-state index in [-0.39, 0.29) is 6.10 Å². The normalized spacial score (nSPS) is 27.4. The van der Waals surface area contributed by atoms with Gasteiger partial charge in [-0.1, -0.05) is 6.42 Å². The van der Waals surface area contributed by atoms with Gasteiger partial charge in [0.1, 0.15) is 0 Å². The number of aliphatic hydroxyl groups excluding tert-OH is 1. The van der Waals surface area contributed by atoms with Gasteiger partial charge in [0.05, 0.1) is 6.10 Å². The highest BCUT2D eigenvalue weighted by molar-refractivity contribution is 4.78. The summed E-state index contributed by atoms with van der Waals surface area (Å²) in [5, 5.41) is 13.0. The summed E-state index contributed by atoms with van der Waals surface area (Å²) >= 11 is 0. The average molecular weight is 200 g/mol. The standard InChI is InChI=1S/C11H24N2O/c1-13(2)8-4-7-12-9-10-5-3-6-11(10)14/h10-12,14H,3-9H2,1-2H3. The third-order valence-electron chi connectivity index (χ3n) is 2.98. The lowest BCUT2D eigenvalue weighted by Gasteiger charge is -2.15. The lowest BCUT2D eigenvalue weighted by Crippen LogP contribution is -2.29. The number of rotatable bonds is 6. The molecular weight excluding hydrogens is 176 g/mol. The first-order chi connectivity index (χ1) is 6.70. The van der Waals surface area contributed by atoms with Gasteiger partial charge in [-0.3, -0.25) is 0 Å². The summed E-state index contributed by atoms with van der Waals surface area (Å²) in [5.74, 6) is 0.509. The number of hydrogen-bond acceptors (Lipinski definition) is 3. The summed E-state index contributed by atoms with van der Waals surface area (Å²) in [7, 11) is 4.20. The molecule has 0 heterocycles. The molecular formula is C11H24N2O. The van der Waals surface area contributed by atoms with E-state index >= 15 is 0 Å². The monoisotopic (exact) mass is 200 g/mol. The van der Waals surface area contributed by atoms with Crippen LogP contribution in [0.2, 0.25) is 0 Å². The summed E-state index contributed by atoms with van der Waals surface area (Å²) in [4.78, 5) is 2.20. The molecule has 2 N–H and O–H groups in total. The molecule has 0 aromatic carbocycles. The van der Waals surface area contributed by atoms with E-state index in [1.54, 1.807) is 0 Å². The van der Waals surface area contributed by atoms with Gasteiger partial charge in [0.25, 0.3) is 0 Å². The molecule has 1 rings (SSSR count). The van der Waals surface area contributed by atoms with Crippen molar-refractivity contribution >= 4 is 0 Å². The van der Waals surface area contributed by atoms with E-state index in [9.17, 15) is 5.11 Å². The minimum atomic E-state index is -0.0450. The summed E-state index contributed by atoms with van der Waals surface area (Å²) in [6, 6.07) is 0. The van der Waals surface area contributed by atoms with Crippen LogP contribution in [-0.4, -0.2) is 49.8 Å². The quantitative estimate of drug-likeness (QED) is 0.619.